The molecule has 0 spiro atoms. The molecule has 0 fully saturated rings. The van der Waals surface area contributed by atoms with Gasteiger partial charge in [-0.15, -0.1) is 0 Å². The first-order chi connectivity index (χ1) is 7.43. The van der Waals surface area contributed by atoms with Gasteiger partial charge >= 0.3 is 5.97 Å². The van der Waals surface area contributed by atoms with Gasteiger partial charge in [0.05, 0.1) is 5.69 Å². The maximum atomic E-state index is 11.0. The van der Waals surface area contributed by atoms with Crippen LogP contribution >= 0.6 is 0 Å². The fourth-order valence-electron chi connectivity index (χ4n) is 1.71. The molecule has 0 aliphatic rings. The molecule has 1 heterocycles. The van der Waals surface area contributed by atoms with Crippen molar-refractivity contribution in [2.75, 3.05) is 0 Å². The van der Waals surface area contributed by atoms with E-state index in [-0.39, 0.29) is 12.0 Å². The Morgan fingerprint density at radius 1 is 1.50 bits per heavy atom. The summed E-state index contributed by atoms with van der Waals surface area (Å²) in [6.07, 6.45) is 1.71. The maximum Gasteiger partial charge on any atom is 0.320 e. The monoisotopic (exact) mass is 225 g/mol. The molecule has 0 aliphatic heterocycles. The van der Waals surface area contributed by atoms with Gasteiger partial charge in [-0.1, -0.05) is 13.8 Å². The number of carboxylic acid groups (broad SMARTS) is 1. The normalized spacial score (nSPS) is 15.1. The van der Waals surface area contributed by atoms with Gasteiger partial charge in [0.1, 0.15) is 6.04 Å². The molecule has 0 bridgehead atoms. The van der Waals surface area contributed by atoms with Crippen molar-refractivity contribution in [3.05, 3.63) is 18.0 Å². The Balaban J connectivity index is 2.73. The van der Waals surface area contributed by atoms with Crippen molar-refractivity contribution in [3.63, 3.8) is 0 Å². The third-order valence-electron chi connectivity index (χ3n) is 2.66. The van der Waals surface area contributed by atoms with Gasteiger partial charge in [-0.25, -0.2) is 0 Å². The number of hydrogen-bond donors (Lipinski definition) is 2. The lowest BCUT2D eigenvalue weighted by Crippen LogP contribution is -2.42. The molecule has 1 aromatic heterocycles. The van der Waals surface area contributed by atoms with Crippen LogP contribution in [0.4, 0.5) is 0 Å². The molecule has 5 nitrogen and oxygen atoms in total. The van der Waals surface area contributed by atoms with Crippen molar-refractivity contribution in [1.29, 1.82) is 0 Å². The Morgan fingerprint density at radius 2 is 2.12 bits per heavy atom. The summed E-state index contributed by atoms with van der Waals surface area (Å²) >= 11 is 0. The summed E-state index contributed by atoms with van der Waals surface area (Å²) in [7, 11) is 1.85. The molecule has 1 aromatic rings. The summed E-state index contributed by atoms with van der Waals surface area (Å²) in [5.41, 5.74) is 0.979. The maximum absolute atomic E-state index is 11.0. The van der Waals surface area contributed by atoms with Crippen molar-refractivity contribution >= 4 is 5.97 Å². The van der Waals surface area contributed by atoms with Crippen LogP contribution in [0.1, 0.15) is 32.5 Å². The second-order valence-corrected chi connectivity index (χ2v) is 4.33. The fourth-order valence-corrected chi connectivity index (χ4v) is 1.71. The summed E-state index contributed by atoms with van der Waals surface area (Å²) in [6.45, 7) is 5.72. The zero-order chi connectivity index (χ0) is 12.3. The van der Waals surface area contributed by atoms with Crippen LogP contribution in [0.3, 0.4) is 0 Å². The van der Waals surface area contributed by atoms with Crippen LogP contribution in [0.15, 0.2) is 12.3 Å². The van der Waals surface area contributed by atoms with Crippen LogP contribution in [-0.4, -0.2) is 26.9 Å². The van der Waals surface area contributed by atoms with Gasteiger partial charge in [0.25, 0.3) is 0 Å². The van der Waals surface area contributed by atoms with Crippen LogP contribution in [0.5, 0.6) is 0 Å². The van der Waals surface area contributed by atoms with Gasteiger partial charge in [-0.2, -0.15) is 5.10 Å². The Hall–Kier alpha value is -1.36. The van der Waals surface area contributed by atoms with Crippen molar-refractivity contribution < 1.29 is 9.90 Å². The second kappa shape index (κ2) is 5.12. The lowest BCUT2D eigenvalue weighted by molar-refractivity contribution is -0.140. The van der Waals surface area contributed by atoms with E-state index in [1.54, 1.807) is 10.9 Å². The van der Waals surface area contributed by atoms with Gasteiger partial charge < -0.3 is 5.11 Å². The minimum Gasteiger partial charge on any atom is -0.480 e. The predicted octanol–water partition coefficient (Wildman–Crippen LogP) is 1.18. The number of rotatable bonds is 5. The van der Waals surface area contributed by atoms with E-state index in [1.165, 1.54) is 0 Å². The first-order valence-corrected chi connectivity index (χ1v) is 5.40. The highest BCUT2D eigenvalue weighted by Crippen LogP contribution is 2.13. The average Bonchev–Trinajstić information content (AvgIpc) is 2.59. The molecule has 0 saturated carbocycles. The van der Waals surface area contributed by atoms with E-state index in [2.05, 4.69) is 10.4 Å². The Kier molecular flexibility index (Phi) is 4.06. The highest BCUT2D eigenvalue weighted by Gasteiger charge is 2.24. The van der Waals surface area contributed by atoms with E-state index in [1.807, 2.05) is 33.9 Å². The molecule has 2 atom stereocenters. The van der Waals surface area contributed by atoms with Crippen LogP contribution < -0.4 is 5.32 Å². The number of aliphatic carboxylic acids is 1. The third-order valence-corrected chi connectivity index (χ3v) is 2.66. The van der Waals surface area contributed by atoms with E-state index in [0.29, 0.717) is 0 Å². The topological polar surface area (TPSA) is 67.2 Å². The van der Waals surface area contributed by atoms with Gasteiger partial charge in [0, 0.05) is 19.3 Å². The lowest BCUT2D eigenvalue weighted by Gasteiger charge is -2.23. The first kappa shape index (κ1) is 12.7. The van der Waals surface area contributed by atoms with Crippen molar-refractivity contribution in [2.45, 2.75) is 32.9 Å². The van der Waals surface area contributed by atoms with Gasteiger partial charge in [-0.05, 0) is 18.9 Å². The van der Waals surface area contributed by atoms with Crippen molar-refractivity contribution in [3.8, 4) is 0 Å². The van der Waals surface area contributed by atoms with Crippen LogP contribution in [-0.2, 0) is 11.8 Å². The minimum atomic E-state index is -0.816. The summed E-state index contributed by atoms with van der Waals surface area (Å²) in [5, 5.41) is 16.2. The third kappa shape index (κ3) is 2.82. The van der Waals surface area contributed by atoms with Gasteiger partial charge in [0.2, 0.25) is 0 Å². The molecule has 1 rings (SSSR count). The molecule has 2 unspecified atom stereocenters. The van der Waals surface area contributed by atoms with Crippen LogP contribution in [0.25, 0.3) is 0 Å². The summed E-state index contributed by atoms with van der Waals surface area (Å²) in [4.78, 5) is 11.0. The van der Waals surface area contributed by atoms with Crippen LogP contribution in [0.2, 0.25) is 0 Å². The molecule has 16 heavy (non-hydrogen) atoms. The summed E-state index contributed by atoms with van der Waals surface area (Å²) < 4.78 is 1.75. The molecule has 0 aromatic carbocycles. The fraction of sp³-hybridized carbons (Fsp3) is 0.636. The van der Waals surface area contributed by atoms with Gasteiger partial charge in [-0.3, -0.25) is 14.8 Å². The van der Waals surface area contributed by atoms with E-state index < -0.39 is 12.0 Å². The largest absolute Gasteiger partial charge is 0.480 e. The number of nitrogens with one attached hydrogen (secondary N) is 1. The lowest BCUT2D eigenvalue weighted by atomic mass is 10.0. The standard InChI is InChI=1S/C11H19N3O2/c1-7(2)10(11(15)16)13-8(3)9-5-6-12-14(9)4/h5-8,10,13H,1-4H3,(H,15,16). The smallest absolute Gasteiger partial charge is 0.320 e. The Labute approximate surface area is 95.5 Å². The number of nitrogens with zero attached hydrogens (tertiary/aromatic N) is 2. The van der Waals surface area contributed by atoms with Crippen molar-refractivity contribution in [2.24, 2.45) is 13.0 Å². The number of hydrogen-bond acceptors (Lipinski definition) is 3. The van der Waals surface area contributed by atoms with E-state index in [0.717, 1.165) is 5.69 Å². The molecule has 5 heteroatoms. The molecular weight excluding hydrogens is 206 g/mol. The van der Waals surface area contributed by atoms with E-state index in [9.17, 15) is 4.79 Å². The SMILES string of the molecule is CC(NC(C(=O)O)C(C)C)c1ccnn1C. The highest BCUT2D eigenvalue weighted by atomic mass is 16.4. The van der Waals surface area contributed by atoms with E-state index >= 15 is 0 Å². The first-order valence-electron chi connectivity index (χ1n) is 5.40. The Bertz CT molecular complexity index is 360. The number of carbonyl (C=O) groups is 1. The van der Waals surface area contributed by atoms with E-state index in [4.69, 9.17) is 5.11 Å². The molecular formula is C11H19N3O2. The molecule has 0 aliphatic carbocycles. The molecule has 2 N–H and O–H groups in total. The molecule has 90 valence electrons. The van der Waals surface area contributed by atoms with Crippen molar-refractivity contribution in [1.82, 2.24) is 15.1 Å². The zero-order valence-corrected chi connectivity index (χ0v) is 10.1. The van der Waals surface area contributed by atoms with Gasteiger partial charge in [0.15, 0.2) is 0 Å². The predicted molar refractivity (Wildman–Crippen MR) is 61.0 cm³/mol. The Morgan fingerprint density at radius 3 is 2.50 bits per heavy atom. The summed E-state index contributed by atoms with van der Waals surface area (Å²) in [5.74, 6) is -0.766. The average molecular weight is 225 g/mol. The molecule has 0 saturated heterocycles. The molecule has 0 radical (unpaired) electrons. The van der Waals surface area contributed by atoms with Crippen LogP contribution in [0, 0.1) is 5.92 Å². The summed E-state index contributed by atoms with van der Waals surface area (Å²) in [6, 6.07) is 1.32. The quantitative estimate of drug-likeness (QED) is 0.789. The minimum absolute atomic E-state index is 0.0315. The molecule has 0 amide bonds. The number of aryl methyl sites for hydroxylation is 1. The number of carboxylic acids is 1. The second-order valence-electron chi connectivity index (χ2n) is 4.33. The number of aromatic nitrogens is 2. The highest BCUT2D eigenvalue weighted by molar-refractivity contribution is 5.73. The zero-order valence-electron chi connectivity index (χ0n) is 10.1.